The summed E-state index contributed by atoms with van der Waals surface area (Å²) in [5, 5.41) is 32.6. The first-order valence-corrected chi connectivity index (χ1v) is 11.1. The zero-order valence-corrected chi connectivity index (χ0v) is 18.8. The average Bonchev–Trinajstić information content (AvgIpc) is 3.34. The van der Waals surface area contributed by atoms with Crippen LogP contribution in [-0.2, 0) is 0 Å². The zero-order chi connectivity index (χ0) is 22.5. The van der Waals surface area contributed by atoms with Crippen LogP contribution < -0.4 is 4.90 Å². The highest BCUT2D eigenvalue weighted by molar-refractivity contribution is 5.69. The molecule has 0 unspecified atom stereocenters. The van der Waals surface area contributed by atoms with E-state index in [0.29, 0.717) is 39.4 Å². The van der Waals surface area contributed by atoms with Crippen LogP contribution in [0.4, 0.5) is 5.82 Å². The van der Waals surface area contributed by atoms with Crippen molar-refractivity contribution < 1.29 is 5.11 Å². The maximum atomic E-state index is 10.6. The van der Waals surface area contributed by atoms with Gasteiger partial charge in [-0.25, -0.2) is 4.68 Å². The van der Waals surface area contributed by atoms with Crippen molar-refractivity contribution in [2.45, 2.75) is 52.0 Å². The maximum Gasteiger partial charge on any atom is 0.151 e. The van der Waals surface area contributed by atoms with Crippen molar-refractivity contribution in [2.75, 3.05) is 11.9 Å². The van der Waals surface area contributed by atoms with Gasteiger partial charge in [0.05, 0.1) is 23.1 Å². The molecule has 5 rings (SSSR count). The van der Waals surface area contributed by atoms with Crippen LogP contribution in [0.1, 0.15) is 51.5 Å². The molecule has 2 heterocycles. The molecule has 0 spiro atoms. The Balaban J connectivity index is 1.35. The Morgan fingerprint density at radius 3 is 2.47 bits per heavy atom. The minimum Gasteiger partial charge on any atom is -0.507 e. The molecule has 2 aromatic heterocycles. The van der Waals surface area contributed by atoms with Crippen molar-refractivity contribution in [3.8, 4) is 28.8 Å². The standard InChI is InChI=1S/C25H28N6O/c1-24-8-9-25(2,16-24)12-19(11-24)30(3)23-7-6-21(28-29-23)20-5-4-18(10-22(20)32)31-15-17(13-26)14-27-31/h4-7,10,14-15,19,32H,8-9,11-12,16H2,1-3H3/t19-,24-,25+. The van der Waals surface area contributed by atoms with Crippen LogP contribution in [0.25, 0.3) is 16.9 Å². The second-order valence-electron chi connectivity index (χ2n) is 10.2. The highest BCUT2D eigenvalue weighted by atomic mass is 16.3. The van der Waals surface area contributed by atoms with Crippen LogP contribution in [0.15, 0.2) is 42.7 Å². The van der Waals surface area contributed by atoms with E-state index in [1.807, 2.05) is 18.2 Å². The van der Waals surface area contributed by atoms with E-state index >= 15 is 0 Å². The lowest BCUT2D eigenvalue weighted by atomic mass is 9.68. The van der Waals surface area contributed by atoms with Crippen LogP contribution in [0, 0.1) is 22.2 Å². The number of aromatic hydroxyl groups is 1. The van der Waals surface area contributed by atoms with Gasteiger partial charge in [0.2, 0.25) is 0 Å². The van der Waals surface area contributed by atoms with Gasteiger partial charge in [-0.15, -0.1) is 10.2 Å². The number of phenols is 1. The molecule has 164 valence electrons. The maximum absolute atomic E-state index is 10.6. The van der Waals surface area contributed by atoms with E-state index in [9.17, 15) is 5.11 Å². The van der Waals surface area contributed by atoms with Gasteiger partial charge in [-0.1, -0.05) is 13.8 Å². The molecule has 3 aromatic rings. The Bertz CT molecular complexity index is 1180. The lowest BCUT2D eigenvalue weighted by Crippen LogP contribution is -2.42. The molecular weight excluding hydrogens is 400 g/mol. The Morgan fingerprint density at radius 1 is 1.12 bits per heavy atom. The summed E-state index contributed by atoms with van der Waals surface area (Å²) < 4.78 is 1.56. The molecule has 2 bridgehead atoms. The predicted molar refractivity (Wildman–Crippen MR) is 122 cm³/mol. The van der Waals surface area contributed by atoms with Gasteiger partial charge in [-0.2, -0.15) is 10.4 Å². The molecule has 7 heteroatoms. The van der Waals surface area contributed by atoms with Crippen molar-refractivity contribution in [1.29, 1.82) is 5.26 Å². The van der Waals surface area contributed by atoms with Gasteiger partial charge in [-0.05, 0) is 67.2 Å². The smallest absolute Gasteiger partial charge is 0.151 e. The van der Waals surface area contributed by atoms with E-state index in [-0.39, 0.29) is 5.75 Å². The lowest BCUT2D eigenvalue weighted by molar-refractivity contribution is 0.148. The summed E-state index contributed by atoms with van der Waals surface area (Å²) in [5.41, 5.74) is 3.25. The number of phenolic OH excluding ortho intramolecular Hbond substituents is 1. The molecule has 2 aliphatic rings. The SMILES string of the molecule is CN(c1ccc(-c2ccc(-n3cc(C#N)cn3)cc2O)nn1)[C@H]1C[C@]2(C)CC[C@](C)(C1)C2. The number of benzene rings is 1. The summed E-state index contributed by atoms with van der Waals surface area (Å²) in [6.45, 7) is 4.87. The third-order valence-electron chi connectivity index (χ3n) is 7.44. The number of hydrogen-bond acceptors (Lipinski definition) is 6. The first-order valence-electron chi connectivity index (χ1n) is 11.1. The summed E-state index contributed by atoms with van der Waals surface area (Å²) in [6.07, 6.45) is 9.49. The van der Waals surface area contributed by atoms with E-state index in [4.69, 9.17) is 5.26 Å². The van der Waals surface area contributed by atoms with Gasteiger partial charge in [-0.3, -0.25) is 0 Å². The van der Waals surface area contributed by atoms with Crippen LogP contribution in [0.5, 0.6) is 5.75 Å². The molecule has 3 atom stereocenters. The molecule has 2 saturated carbocycles. The van der Waals surface area contributed by atoms with Gasteiger partial charge < -0.3 is 10.0 Å². The minimum absolute atomic E-state index is 0.0941. The monoisotopic (exact) mass is 428 g/mol. The van der Waals surface area contributed by atoms with Crippen molar-refractivity contribution in [3.05, 3.63) is 48.3 Å². The fourth-order valence-electron chi connectivity index (χ4n) is 5.89. The normalized spacial score (nSPS) is 26.6. The predicted octanol–water partition coefficient (Wildman–Crippen LogP) is 4.70. The van der Waals surface area contributed by atoms with Crippen LogP contribution >= 0.6 is 0 Å². The fourth-order valence-corrected chi connectivity index (χ4v) is 5.89. The summed E-state index contributed by atoms with van der Waals surface area (Å²) in [5.74, 6) is 0.959. The average molecular weight is 429 g/mol. The Hall–Kier alpha value is -3.40. The van der Waals surface area contributed by atoms with Crippen LogP contribution in [0.2, 0.25) is 0 Å². The number of fused-ring (bicyclic) bond motifs is 2. The molecular formula is C25H28N6O. The highest BCUT2D eigenvalue weighted by Crippen LogP contribution is 2.58. The fraction of sp³-hybridized carbons (Fsp3) is 0.440. The summed E-state index contributed by atoms with van der Waals surface area (Å²) in [4.78, 5) is 2.28. The highest BCUT2D eigenvalue weighted by Gasteiger charge is 2.49. The minimum atomic E-state index is 0.0941. The van der Waals surface area contributed by atoms with Crippen molar-refractivity contribution in [2.24, 2.45) is 10.8 Å². The molecule has 0 amide bonds. The number of anilines is 1. The number of rotatable bonds is 4. The van der Waals surface area contributed by atoms with Gasteiger partial charge in [0.15, 0.2) is 5.82 Å². The van der Waals surface area contributed by atoms with Gasteiger partial charge >= 0.3 is 0 Å². The number of hydrogen-bond donors (Lipinski definition) is 1. The topological polar surface area (TPSA) is 90.9 Å². The number of nitriles is 1. The van der Waals surface area contributed by atoms with Gasteiger partial charge in [0.1, 0.15) is 11.8 Å². The van der Waals surface area contributed by atoms with Gasteiger partial charge in [0.25, 0.3) is 0 Å². The third kappa shape index (κ3) is 3.60. The Morgan fingerprint density at radius 2 is 1.88 bits per heavy atom. The summed E-state index contributed by atoms with van der Waals surface area (Å²) in [7, 11) is 2.12. The number of nitrogens with zero attached hydrogens (tertiary/aromatic N) is 6. The van der Waals surface area contributed by atoms with E-state index in [1.165, 1.54) is 38.3 Å². The molecule has 2 fully saturated rings. The first-order chi connectivity index (χ1) is 15.3. The molecule has 32 heavy (non-hydrogen) atoms. The van der Waals surface area contributed by atoms with Crippen molar-refractivity contribution in [3.63, 3.8) is 0 Å². The van der Waals surface area contributed by atoms with Gasteiger partial charge in [0, 0.05) is 30.9 Å². The lowest BCUT2D eigenvalue weighted by Gasteiger charge is -2.44. The molecule has 0 radical (unpaired) electrons. The van der Waals surface area contributed by atoms with E-state index in [0.717, 1.165) is 5.82 Å². The molecule has 0 aliphatic heterocycles. The molecule has 1 aromatic carbocycles. The first kappa shape index (κ1) is 20.5. The van der Waals surface area contributed by atoms with E-state index in [2.05, 4.69) is 47.2 Å². The summed E-state index contributed by atoms with van der Waals surface area (Å²) >= 11 is 0. The summed E-state index contributed by atoms with van der Waals surface area (Å²) in [6, 6.07) is 11.7. The Labute approximate surface area is 188 Å². The van der Waals surface area contributed by atoms with E-state index in [1.54, 1.807) is 23.0 Å². The van der Waals surface area contributed by atoms with E-state index < -0.39 is 0 Å². The quantitative estimate of drug-likeness (QED) is 0.648. The van der Waals surface area contributed by atoms with Crippen LogP contribution in [0.3, 0.4) is 0 Å². The Kier molecular flexibility index (Phi) is 4.70. The second-order valence-corrected chi connectivity index (χ2v) is 10.2. The molecule has 1 N–H and O–H groups in total. The van der Waals surface area contributed by atoms with Crippen molar-refractivity contribution in [1.82, 2.24) is 20.0 Å². The molecule has 7 nitrogen and oxygen atoms in total. The number of aromatic nitrogens is 4. The second kappa shape index (κ2) is 7.33. The van der Waals surface area contributed by atoms with Crippen LogP contribution in [-0.4, -0.2) is 38.2 Å². The third-order valence-corrected chi connectivity index (χ3v) is 7.44. The molecule has 2 aliphatic carbocycles. The largest absolute Gasteiger partial charge is 0.507 e. The molecule has 0 saturated heterocycles. The van der Waals surface area contributed by atoms with Crippen molar-refractivity contribution >= 4 is 5.82 Å². The zero-order valence-electron chi connectivity index (χ0n) is 18.8.